The summed E-state index contributed by atoms with van der Waals surface area (Å²) in [6, 6.07) is 19.4. The van der Waals surface area contributed by atoms with Gasteiger partial charge in [-0.3, -0.25) is 4.79 Å². The molecule has 0 radical (unpaired) electrons. The number of hydrogen-bond donors (Lipinski definition) is 2. The van der Waals surface area contributed by atoms with Crippen molar-refractivity contribution in [2.24, 2.45) is 0 Å². The number of rotatable bonds is 7. The maximum absolute atomic E-state index is 12.1. The summed E-state index contributed by atoms with van der Waals surface area (Å²) in [7, 11) is 3.98. The zero-order chi connectivity index (χ0) is 16.7. The molecule has 2 aromatic carbocycles. The molecule has 0 saturated carbocycles. The van der Waals surface area contributed by atoms with Crippen LogP contribution in [0.2, 0.25) is 0 Å². The van der Waals surface area contributed by atoms with Crippen LogP contribution in [0.25, 0.3) is 0 Å². The van der Waals surface area contributed by atoms with E-state index in [2.05, 4.69) is 22.3 Å². The molecule has 2 rings (SSSR count). The van der Waals surface area contributed by atoms with Gasteiger partial charge in [0.05, 0.1) is 18.6 Å². The maximum Gasteiger partial charge on any atom is 0.223 e. The Balaban J connectivity index is 1.89. The van der Waals surface area contributed by atoms with Crippen LogP contribution < -0.4 is 5.32 Å². The van der Waals surface area contributed by atoms with Gasteiger partial charge in [-0.25, -0.2) is 0 Å². The molecule has 122 valence electrons. The van der Waals surface area contributed by atoms with E-state index in [0.29, 0.717) is 6.54 Å². The number of aliphatic hydroxyl groups excluding tert-OH is 1. The van der Waals surface area contributed by atoms with E-state index in [0.717, 1.165) is 11.1 Å². The van der Waals surface area contributed by atoms with E-state index in [1.165, 1.54) is 0 Å². The Morgan fingerprint density at radius 2 is 1.52 bits per heavy atom. The minimum Gasteiger partial charge on any atom is -0.388 e. The van der Waals surface area contributed by atoms with E-state index in [1.807, 2.05) is 62.6 Å². The fraction of sp³-hybridized carbons (Fsp3) is 0.316. The molecular weight excluding hydrogens is 288 g/mol. The normalized spacial score (nSPS) is 13.6. The molecule has 2 unspecified atom stereocenters. The standard InChI is InChI=1S/C19H24N2O2/c1-21(2)17(15-9-5-3-6-10-15)14-20-19(23)13-18(22)16-11-7-4-8-12-16/h3-12,17-18,22H,13-14H2,1-2H3,(H,20,23). The number of likely N-dealkylation sites (N-methyl/N-ethyl adjacent to an activating group) is 1. The van der Waals surface area contributed by atoms with E-state index >= 15 is 0 Å². The number of carbonyl (C=O) groups excluding carboxylic acids is 1. The van der Waals surface area contributed by atoms with Gasteiger partial charge < -0.3 is 15.3 Å². The fourth-order valence-corrected chi connectivity index (χ4v) is 2.53. The van der Waals surface area contributed by atoms with Crippen LogP contribution in [0.4, 0.5) is 0 Å². The number of hydrogen-bond acceptors (Lipinski definition) is 3. The first-order valence-electron chi connectivity index (χ1n) is 7.79. The van der Waals surface area contributed by atoms with Crippen molar-refractivity contribution in [2.75, 3.05) is 20.6 Å². The van der Waals surface area contributed by atoms with Gasteiger partial charge in [0.25, 0.3) is 0 Å². The zero-order valence-corrected chi connectivity index (χ0v) is 13.6. The lowest BCUT2D eigenvalue weighted by Crippen LogP contribution is -2.35. The third-order valence-electron chi connectivity index (χ3n) is 3.86. The van der Waals surface area contributed by atoms with Gasteiger partial charge in [-0.05, 0) is 25.2 Å². The predicted molar refractivity (Wildman–Crippen MR) is 91.9 cm³/mol. The molecule has 2 atom stereocenters. The van der Waals surface area contributed by atoms with Crippen molar-refractivity contribution in [3.8, 4) is 0 Å². The van der Waals surface area contributed by atoms with Crippen molar-refractivity contribution in [1.29, 1.82) is 0 Å². The lowest BCUT2D eigenvalue weighted by molar-refractivity contribution is -0.123. The summed E-state index contributed by atoms with van der Waals surface area (Å²) in [5, 5.41) is 13.0. The minimum absolute atomic E-state index is 0.0684. The van der Waals surface area contributed by atoms with Gasteiger partial charge in [-0.1, -0.05) is 60.7 Å². The van der Waals surface area contributed by atoms with Gasteiger partial charge in [0.15, 0.2) is 0 Å². The molecule has 23 heavy (non-hydrogen) atoms. The molecule has 0 aliphatic heterocycles. The molecule has 2 N–H and O–H groups in total. The second-order valence-electron chi connectivity index (χ2n) is 5.82. The Labute approximate surface area is 137 Å². The van der Waals surface area contributed by atoms with E-state index < -0.39 is 6.10 Å². The summed E-state index contributed by atoms with van der Waals surface area (Å²) in [6.45, 7) is 0.511. The first-order chi connectivity index (χ1) is 11.1. The van der Waals surface area contributed by atoms with Crippen LogP contribution in [-0.4, -0.2) is 36.6 Å². The van der Waals surface area contributed by atoms with Crippen LogP contribution in [0, 0.1) is 0 Å². The molecule has 1 amide bonds. The van der Waals surface area contributed by atoms with Gasteiger partial charge in [0.2, 0.25) is 5.91 Å². The first-order valence-corrected chi connectivity index (χ1v) is 7.79. The van der Waals surface area contributed by atoms with E-state index in [4.69, 9.17) is 0 Å². The fourth-order valence-electron chi connectivity index (χ4n) is 2.53. The molecule has 0 aliphatic carbocycles. The molecule has 4 heteroatoms. The van der Waals surface area contributed by atoms with Crippen molar-refractivity contribution in [3.63, 3.8) is 0 Å². The zero-order valence-electron chi connectivity index (χ0n) is 13.6. The van der Waals surface area contributed by atoms with Crippen molar-refractivity contribution in [3.05, 3.63) is 71.8 Å². The molecule has 0 aromatic heterocycles. The molecule has 0 saturated heterocycles. The lowest BCUT2D eigenvalue weighted by atomic mass is 10.0. The van der Waals surface area contributed by atoms with Crippen LogP contribution in [0.3, 0.4) is 0 Å². The summed E-state index contributed by atoms with van der Waals surface area (Å²) in [4.78, 5) is 14.2. The smallest absolute Gasteiger partial charge is 0.223 e. The van der Waals surface area contributed by atoms with E-state index in [1.54, 1.807) is 0 Å². The van der Waals surface area contributed by atoms with Crippen LogP contribution in [0.5, 0.6) is 0 Å². The molecular formula is C19H24N2O2. The van der Waals surface area contributed by atoms with Gasteiger partial charge in [0, 0.05) is 6.54 Å². The van der Waals surface area contributed by atoms with Crippen LogP contribution >= 0.6 is 0 Å². The Hall–Kier alpha value is -2.17. The van der Waals surface area contributed by atoms with Crippen molar-refractivity contribution < 1.29 is 9.90 Å². The predicted octanol–water partition coefficient (Wildman–Crippen LogP) is 2.53. The molecule has 0 fully saturated rings. The molecule has 0 spiro atoms. The highest BCUT2D eigenvalue weighted by atomic mass is 16.3. The number of nitrogens with one attached hydrogen (secondary N) is 1. The topological polar surface area (TPSA) is 52.6 Å². The molecule has 2 aromatic rings. The van der Waals surface area contributed by atoms with Crippen LogP contribution in [0.15, 0.2) is 60.7 Å². The van der Waals surface area contributed by atoms with E-state index in [9.17, 15) is 9.90 Å². The lowest BCUT2D eigenvalue weighted by Gasteiger charge is -2.25. The van der Waals surface area contributed by atoms with E-state index in [-0.39, 0.29) is 18.4 Å². The Morgan fingerprint density at radius 1 is 1.00 bits per heavy atom. The number of nitrogens with zero attached hydrogens (tertiary/aromatic N) is 1. The molecule has 4 nitrogen and oxygen atoms in total. The largest absolute Gasteiger partial charge is 0.388 e. The van der Waals surface area contributed by atoms with Crippen molar-refractivity contribution >= 4 is 5.91 Å². The second-order valence-corrected chi connectivity index (χ2v) is 5.82. The summed E-state index contributed by atoms with van der Waals surface area (Å²) in [5.74, 6) is -0.149. The van der Waals surface area contributed by atoms with Crippen molar-refractivity contribution in [2.45, 2.75) is 18.6 Å². The van der Waals surface area contributed by atoms with Crippen LogP contribution in [0.1, 0.15) is 29.7 Å². The first kappa shape index (κ1) is 17.2. The Morgan fingerprint density at radius 3 is 2.04 bits per heavy atom. The SMILES string of the molecule is CN(C)C(CNC(=O)CC(O)c1ccccc1)c1ccccc1. The maximum atomic E-state index is 12.1. The quantitative estimate of drug-likeness (QED) is 0.826. The third-order valence-corrected chi connectivity index (χ3v) is 3.86. The van der Waals surface area contributed by atoms with Crippen molar-refractivity contribution in [1.82, 2.24) is 10.2 Å². The molecule has 0 heterocycles. The van der Waals surface area contributed by atoms with Gasteiger partial charge in [0.1, 0.15) is 0 Å². The highest BCUT2D eigenvalue weighted by Crippen LogP contribution is 2.18. The Bertz CT molecular complexity index is 599. The highest BCUT2D eigenvalue weighted by Gasteiger charge is 2.17. The van der Waals surface area contributed by atoms with Gasteiger partial charge >= 0.3 is 0 Å². The summed E-state index contributed by atoms with van der Waals surface area (Å²) in [6.07, 6.45) is -0.704. The average molecular weight is 312 g/mol. The summed E-state index contributed by atoms with van der Waals surface area (Å²) < 4.78 is 0. The third kappa shape index (κ3) is 5.20. The monoisotopic (exact) mass is 312 g/mol. The highest BCUT2D eigenvalue weighted by molar-refractivity contribution is 5.76. The number of amides is 1. The van der Waals surface area contributed by atoms with Gasteiger partial charge in [-0.2, -0.15) is 0 Å². The summed E-state index contributed by atoms with van der Waals surface area (Å²) in [5.41, 5.74) is 1.91. The average Bonchev–Trinajstić information content (AvgIpc) is 2.56. The summed E-state index contributed by atoms with van der Waals surface area (Å²) >= 11 is 0. The van der Waals surface area contributed by atoms with Gasteiger partial charge in [-0.15, -0.1) is 0 Å². The number of carbonyl (C=O) groups is 1. The molecule has 0 bridgehead atoms. The minimum atomic E-state index is -0.772. The molecule has 0 aliphatic rings. The van der Waals surface area contributed by atoms with Crippen LogP contribution in [-0.2, 0) is 4.79 Å². The second kappa shape index (κ2) is 8.46. The number of aliphatic hydroxyl groups is 1. The number of benzene rings is 2. The Kier molecular flexibility index (Phi) is 6.32.